The fourth-order valence-electron chi connectivity index (χ4n) is 4.67. The topological polar surface area (TPSA) is 43.1 Å². The molecule has 5 rings (SSSR count). The number of pyridine rings is 2. The summed E-state index contributed by atoms with van der Waals surface area (Å²) < 4.78 is 0.836. The minimum atomic E-state index is 0.800. The van der Waals surface area contributed by atoms with Gasteiger partial charge < -0.3 is 5.21 Å². The minimum Gasteiger partial charge on any atom is -0.619 e. The van der Waals surface area contributed by atoms with Crippen LogP contribution >= 0.6 is 11.6 Å². The molecule has 2 aliphatic rings. The lowest BCUT2D eigenvalue weighted by molar-refractivity contribution is -0.605. The zero-order chi connectivity index (χ0) is 20.5. The molecular weight excluding hydrogens is 394 g/mol. The van der Waals surface area contributed by atoms with E-state index in [1.54, 1.807) is 12.4 Å². The summed E-state index contributed by atoms with van der Waals surface area (Å²) in [4.78, 5) is 7.28. The Labute approximate surface area is 182 Å². The van der Waals surface area contributed by atoms with Gasteiger partial charge in [-0.3, -0.25) is 9.88 Å². The highest BCUT2D eigenvalue weighted by Gasteiger charge is 2.25. The lowest BCUT2D eigenvalue weighted by Gasteiger charge is -2.30. The number of nitrogens with zero attached hydrogens (tertiary/aromatic N) is 3. The van der Waals surface area contributed by atoms with E-state index in [-0.39, 0.29) is 0 Å². The Morgan fingerprint density at radius 1 is 0.967 bits per heavy atom. The molecule has 1 fully saturated rings. The number of halogens is 1. The van der Waals surface area contributed by atoms with Gasteiger partial charge in [0.2, 0.25) is 0 Å². The molecule has 0 atom stereocenters. The Hall–Kier alpha value is -2.69. The Bertz CT molecular complexity index is 1100. The standard InChI is InChI=1S/C25H24ClN3O/c26-22-5-6-23-21(16-22)4-3-20-2-1-11-27-25(20)24(23)19-9-12-28(13-10-19)17-18-7-14-29(30)15-8-18/h1-2,5-8,11,14-16H,3-4,9-10,12-13,17H2. The van der Waals surface area contributed by atoms with E-state index in [4.69, 9.17) is 16.6 Å². The first-order valence-electron chi connectivity index (χ1n) is 10.5. The van der Waals surface area contributed by atoms with Crippen LogP contribution in [0.2, 0.25) is 5.02 Å². The molecule has 0 spiro atoms. The summed E-state index contributed by atoms with van der Waals surface area (Å²) in [7, 11) is 0. The van der Waals surface area contributed by atoms with Gasteiger partial charge in [-0.05, 0) is 66.1 Å². The molecule has 30 heavy (non-hydrogen) atoms. The highest BCUT2D eigenvalue weighted by atomic mass is 35.5. The molecule has 152 valence electrons. The summed E-state index contributed by atoms with van der Waals surface area (Å²) in [6.07, 6.45) is 9.10. The monoisotopic (exact) mass is 417 g/mol. The van der Waals surface area contributed by atoms with Crippen LogP contribution in [0.15, 0.2) is 66.6 Å². The first-order chi connectivity index (χ1) is 14.7. The van der Waals surface area contributed by atoms with E-state index in [1.165, 1.54) is 33.4 Å². The molecule has 0 amide bonds. The van der Waals surface area contributed by atoms with Crippen molar-refractivity contribution in [3.05, 3.63) is 105 Å². The van der Waals surface area contributed by atoms with E-state index < -0.39 is 0 Å². The summed E-state index contributed by atoms with van der Waals surface area (Å²) in [5.74, 6) is 0. The van der Waals surface area contributed by atoms with E-state index in [9.17, 15) is 5.21 Å². The number of hydrogen-bond acceptors (Lipinski definition) is 3. The molecule has 4 nitrogen and oxygen atoms in total. The van der Waals surface area contributed by atoms with Gasteiger partial charge in [0.25, 0.3) is 0 Å². The van der Waals surface area contributed by atoms with E-state index >= 15 is 0 Å². The van der Waals surface area contributed by atoms with Crippen LogP contribution in [0.3, 0.4) is 0 Å². The van der Waals surface area contributed by atoms with Crippen molar-refractivity contribution in [2.75, 3.05) is 13.1 Å². The Morgan fingerprint density at radius 3 is 2.53 bits per heavy atom. The predicted octanol–water partition coefficient (Wildman–Crippen LogP) is 4.56. The molecule has 0 N–H and O–H groups in total. The zero-order valence-corrected chi connectivity index (χ0v) is 17.6. The fourth-order valence-corrected chi connectivity index (χ4v) is 4.87. The van der Waals surface area contributed by atoms with Gasteiger partial charge in [-0.15, -0.1) is 0 Å². The van der Waals surface area contributed by atoms with Gasteiger partial charge in [-0.25, -0.2) is 0 Å². The van der Waals surface area contributed by atoms with Crippen LogP contribution < -0.4 is 4.73 Å². The van der Waals surface area contributed by atoms with Crippen LogP contribution in [0.5, 0.6) is 0 Å². The van der Waals surface area contributed by atoms with Crippen molar-refractivity contribution in [1.82, 2.24) is 9.88 Å². The second-order valence-electron chi connectivity index (χ2n) is 8.13. The normalized spacial score (nSPS) is 16.7. The van der Waals surface area contributed by atoms with Crippen molar-refractivity contribution in [1.29, 1.82) is 0 Å². The van der Waals surface area contributed by atoms with Crippen molar-refractivity contribution < 1.29 is 4.73 Å². The van der Waals surface area contributed by atoms with Crippen LogP contribution in [0, 0.1) is 5.21 Å². The van der Waals surface area contributed by atoms with Gasteiger partial charge in [0.05, 0.1) is 5.69 Å². The number of aromatic nitrogens is 2. The van der Waals surface area contributed by atoms with E-state index in [2.05, 4.69) is 23.1 Å². The predicted molar refractivity (Wildman–Crippen MR) is 119 cm³/mol. The molecule has 1 aliphatic carbocycles. The van der Waals surface area contributed by atoms with Gasteiger partial charge in [-0.1, -0.05) is 29.3 Å². The maximum atomic E-state index is 11.3. The Balaban J connectivity index is 1.46. The molecule has 0 unspecified atom stereocenters. The van der Waals surface area contributed by atoms with Crippen molar-refractivity contribution in [2.45, 2.75) is 32.2 Å². The molecule has 1 saturated heterocycles. The first-order valence-corrected chi connectivity index (χ1v) is 10.9. The largest absolute Gasteiger partial charge is 0.619 e. The lowest BCUT2D eigenvalue weighted by Crippen LogP contribution is -2.31. The van der Waals surface area contributed by atoms with Gasteiger partial charge in [-0.2, -0.15) is 4.73 Å². The number of benzene rings is 1. The molecule has 5 heteroatoms. The van der Waals surface area contributed by atoms with Crippen molar-refractivity contribution in [3.8, 4) is 0 Å². The Morgan fingerprint density at radius 2 is 1.73 bits per heavy atom. The molecule has 0 radical (unpaired) electrons. The van der Waals surface area contributed by atoms with Crippen LogP contribution in [0.1, 0.15) is 40.8 Å². The number of aryl methyl sites for hydroxylation is 2. The third-order valence-electron chi connectivity index (χ3n) is 6.22. The lowest BCUT2D eigenvalue weighted by atomic mass is 9.88. The third-order valence-corrected chi connectivity index (χ3v) is 6.45. The molecule has 1 aliphatic heterocycles. The average Bonchev–Trinajstić information content (AvgIpc) is 2.93. The minimum absolute atomic E-state index is 0.800. The number of piperidine rings is 1. The van der Waals surface area contributed by atoms with Crippen LogP contribution in [0.25, 0.3) is 5.57 Å². The van der Waals surface area contributed by atoms with Crippen LogP contribution in [-0.2, 0) is 19.4 Å². The summed E-state index contributed by atoms with van der Waals surface area (Å²) in [5, 5.41) is 12.1. The highest BCUT2D eigenvalue weighted by molar-refractivity contribution is 6.30. The molecule has 2 aromatic heterocycles. The van der Waals surface area contributed by atoms with Crippen molar-refractivity contribution in [3.63, 3.8) is 0 Å². The van der Waals surface area contributed by atoms with Gasteiger partial charge in [0.15, 0.2) is 12.4 Å². The second-order valence-corrected chi connectivity index (χ2v) is 8.57. The van der Waals surface area contributed by atoms with E-state index in [0.717, 1.165) is 60.8 Å². The maximum absolute atomic E-state index is 11.3. The van der Waals surface area contributed by atoms with E-state index in [1.807, 2.05) is 30.5 Å². The smallest absolute Gasteiger partial charge is 0.180 e. The van der Waals surface area contributed by atoms with Crippen LogP contribution in [-0.4, -0.2) is 23.0 Å². The average molecular weight is 418 g/mol. The van der Waals surface area contributed by atoms with E-state index in [0.29, 0.717) is 0 Å². The first kappa shape index (κ1) is 19.3. The molecule has 1 aromatic carbocycles. The zero-order valence-electron chi connectivity index (χ0n) is 16.9. The number of hydrogen-bond donors (Lipinski definition) is 0. The fraction of sp³-hybridized carbons (Fsp3) is 0.280. The van der Waals surface area contributed by atoms with Gasteiger partial charge in [0.1, 0.15) is 0 Å². The van der Waals surface area contributed by atoms with Crippen molar-refractivity contribution in [2.24, 2.45) is 0 Å². The van der Waals surface area contributed by atoms with Gasteiger partial charge in [0, 0.05) is 48.6 Å². The summed E-state index contributed by atoms with van der Waals surface area (Å²) in [6, 6.07) is 14.4. The Kier molecular flexibility index (Phi) is 5.28. The number of fused-ring (bicyclic) bond motifs is 2. The highest BCUT2D eigenvalue weighted by Crippen LogP contribution is 2.38. The second kappa shape index (κ2) is 8.21. The SMILES string of the molecule is [O-][n+]1ccc(CN2CCC(=C3c4ccc(Cl)cc4CCc4cccnc43)CC2)cc1. The summed E-state index contributed by atoms with van der Waals surface area (Å²) >= 11 is 6.32. The molecule has 0 bridgehead atoms. The number of likely N-dealkylation sites (tertiary alicyclic amines) is 1. The molecule has 0 saturated carbocycles. The quantitative estimate of drug-likeness (QED) is 0.453. The summed E-state index contributed by atoms with van der Waals surface area (Å²) in [5.41, 5.74) is 9.07. The molecule has 3 aromatic rings. The maximum Gasteiger partial charge on any atom is 0.180 e. The van der Waals surface area contributed by atoms with Crippen LogP contribution in [0.4, 0.5) is 0 Å². The van der Waals surface area contributed by atoms with Gasteiger partial charge >= 0.3 is 0 Å². The molecular formula is C25H24ClN3O. The summed E-state index contributed by atoms with van der Waals surface area (Å²) in [6.45, 7) is 2.90. The number of rotatable bonds is 2. The third kappa shape index (κ3) is 3.85. The van der Waals surface area contributed by atoms with Crippen molar-refractivity contribution >= 4 is 17.2 Å². The molecule has 3 heterocycles.